The second-order valence-corrected chi connectivity index (χ2v) is 7.14. The van der Waals surface area contributed by atoms with E-state index in [9.17, 15) is 4.79 Å². The summed E-state index contributed by atoms with van der Waals surface area (Å²) in [6, 6.07) is 8.11. The van der Waals surface area contributed by atoms with Crippen LogP contribution in [-0.4, -0.2) is 23.5 Å². The van der Waals surface area contributed by atoms with Gasteiger partial charge in [0, 0.05) is 18.7 Å². The number of rotatable bonds is 8. The molecule has 4 heteroatoms. The number of ether oxygens (including phenoxy) is 1. The van der Waals surface area contributed by atoms with Crippen LogP contribution in [0.3, 0.4) is 0 Å². The highest BCUT2D eigenvalue weighted by atomic mass is 32.2. The van der Waals surface area contributed by atoms with Crippen LogP contribution in [0, 0.1) is 0 Å². The standard InChI is InChI=1S/C18H27NO2S/c1-2-22-12-11-18(20)19-14-15-7-6-10-17(13-15)21-16-8-4-3-5-9-16/h6-7,10,13,16H,2-5,8-9,11-12,14H2,1H3,(H,19,20). The van der Waals surface area contributed by atoms with Crippen molar-refractivity contribution in [2.45, 2.75) is 58.1 Å². The van der Waals surface area contributed by atoms with Crippen molar-refractivity contribution in [3.63, 3.8) is 0 Å². The van der Waals surface area contributed by atoms with Crippen LogP contribution < -0.4 is 10.1 Å². The lowest BCUT2D eigenvalue weighted by Crippen LogP contribution is -2.23. The number of benzene rings is 1. The Morgan fingerprint density at radius 3 is 2.91 bits per heavy atom. The molecule has 0 aromatic heterocycles. The van der Waals surface area contributed by atoms with Crippen LogP contribution in [0.25, 0.3) is 0 Å². The summed E-state index contributed by atoms with van der Waals surface area (Å²) in [6.45, 7) is 2.69. The zero-order valence-corrected chi connectivity index (χ0v) is 14.3. The van der Waals surface area contributed by atoms with E-state index in [2.05, 4.69) is 18.3 Å². The third-order valence-electron chi connectivity index (χ3n) is 3.92. The molecule has 1 aromatic rings. The van der Waals surface area contributed by atoms with E-state index in [1.54, 1.807) is 11.8 Å². The molecule has 1 aliphatic rings. The quantitative estimate of drug-likeness (QED) is 0.731. The summed E-state index contributed by atoms with van der Waals surface area (Å²) in [5, 5.41) is 2.98. The van der Waals surface area contributed by atoms with Gasteiger partial charge in [0.25, 0.3) is 0 Å². The Hall–Kier alpha value is -1.16. The van der Waals surface area contributed by atoms with Crippen LogP contribution in [-0.2, 0) is 11.3 Å². The zero-order valence-electron chi connectivity index (χ0n) is 13.5. The molecule has 0 aliphatic heterocycles. The van der Waals surface area contributed by atoms with Gasteiger partial charge in [0.2, 0.25) is 5.91 Å². The molecule has 0 heterocycles. The first kappa shape index (κ1) is 17.2. The van der Waals surface area contributed by atoms with E-state index in [-0.39, 0.29) is 5.91 Å². The van der Waals surface area contributed by atoms with E-state index >= 15 is 0 Å². The van der Waals surface area contributed by atoms with Gasteiger partial charge >= 0.3 is 0 Å². The van der Waals surface area contributed by atoms with Crippen LogP contribution in [0.4, 0.5) is 0 Å². The maximum absolute atomic E-state index is 11.7. The monoisotopic (exact) mass is 321 g/mol. The zero-order chi connectivity index (χ0) is 15.6. The van der Waals surface area contributed by atoms with E-state index < -0.39 is 0 Å². The lowest BCUT2D eigenvalue weighted by Gasteiger charge is -2.23. The lowest BCUT2D eigenvalue weighted by molar-refractivity contribution is -0.120. The van der Waals surface area contributed by atoms with Gasteiger partial charge in [-0.25, -0.2) is 0 Å². The number of amides is 1. The first-order valence-electron chi connectivity index (χ1n) is 8.38. The molecular weight excluding hydrogens is 294 g/mol. The summed E-state index contributed by atoms with van der Waals surface area (Å²) in [4.78, 5) is 11.7. The second-order valence-electron chi connectivity index (χ2n) is 5.75. The number of carbonyl (C=O) groups excluding carboxylic acids is 1. The van der Waals surface area contributed by atoms with Crippen molar-refractivity contribution >= 4 is 17.7 Å². The molecule has 1 saturated carbocycles. The first-order valence-corrected chi connectivity index (χ1v) is 9.53. The molecule has 1 aliphatic carbocycles. The molecule has 122 valence electrons. The van der Waals surface area contributed by atoms with Gasteiger partial charge in [-0.2, -0.15) is 11.8 Å². The van der Waals surface area contributed by atoms with E-state index in [1.807, 2.05) is 18.2 Å². The molecule has 1 fully saturated rings. The van der Waals surface area contributed by atoms with E-state index in [1.165, 1.54) is 19.3 Å². The Morgan fingerprint density at radius 2 is 2.14 bits per heavy atom. The van der Waals surface area contributed by atoms with Gasteiger partial charge in [-0.05, 0) is 49.1 Å². The summed E-state index contributed by atoms with van der Waals surface area (Å²) in [7, 11) is 0. The Balaban J connectivity index is 1.76. The minimum absolute atomic E-state index is 0.125. The topological polar surface area (TPSA) is 38.3 Å². The van der Waals surface area contributed by atoms with Gasteiger partial charge in [0.05, 0.1) is 6.10 Å². The highest BCUT2D eigenvalue weighted by Gasteiger charge is 2.14. The SMILES string of the molecule is CCSCCC(=O)NCc1cccc(OC2CCCCC2)c1. The van der Waals surface area contributed by atoms with Crippen molar-refractivity contribution in [3.05, 3.63) is 29.8 Å². The van der Waals surface area contributed by atoms with E-state index in [4.69, 9.17) is 4.74 Å². The highest BCUT2D eigenvalue weighted by molar-refractivity contribution is 7.99. The first-order chi connectivity index (χ1) is 10.8. The molecule has 1 amide bonds. The normalized spacial score (nSPS) is 15.5. The van der Waals surface area contributed by atoms with E-state index in [0.29, 0.717) is 19.1 Å². The smallest absolute Gasteiger partial charge is 0.221 e. The minimum atomic E-state index is 0.125. The fourth-order valence-electron chi connectivity index (χ4n) is 2.70. The van der Waals surface area contributed by atoms with Crippen LogP contribution >= 0.6 is 11.8 Å². The Kier molecular flexibility index (Phi) is 7.64. The molecule has 0 saturated heterocycles. The number of thioether (sulfide) groups is 1. The molecule has 3 nitrogen and oxygen atoms in total. The molecule has 0 unspecified atom stereocenters. The molecular formula is C18H27NO2S. The van der Waals surface area contributed by atoms with Crippen molar-refractivity contribution in [2.75, 3.05) is 11.5 Å². The fourth-order valence-corrected chi connectivity index (χ4v) is 3.32. The highest BCUT2D eigenvalue weighted by Crippen LogP contribution is 2.23. The molecule has 2 rings (SSSR count). The molecule has 1 N–H and O–H groups in total. The third-order valence-corrected chi connectivity index (χ3v) is 4.82. The van der Waals surface area contributed by atoms with Crippen LogP contribution in [0.5, 0.6) is 5.75 Å². The summed E-state index contributed by atoms with van der Waals surface area (Å²) >= 11 is 1.80. The Morgan fingerprint density at radius 1 is 1.32 bits per heavy atom. The number of nitrogens with one attached hydrogen (secondary N) is 1. The Bertz CT molecular complexity index is 458. The predicted octanol–water partition coefficient (Wildman–Crippen LogP) is 4.16. The number of hydrogen-bond acceptors (Lipinski definition) is 3. The maximum atomic E-state index is 11.7. The van der Waals surface area contributed by atoms with Crippen molar-refractivity contribution < 1.29 is 9.53 Å². The van der Waals surface area contributed by atoms with Crippen molar-refractivity contribution in [3.8, 4) is 5.75 Å². The number of carbonyl (C=O) groups is 1. The maximum Gasteiger partial charge on any atom is 0.221 e. The van der Waals surface area contributed by atoms with Crippen LogP contribution in [0.15, 0.2) is 24.3 Å². The summed E-state index contributed by atoms with van der Waals surface area (Å²) < 4.78 is 6.07. The van der Waals surface area contributed by atoms with E-state index in [0.717, 1.165) is 35.7 Å². The molecule has 22 heavy (non-hydrogen) atoms. The van der Waals surface area contributed by atoms with Crippen molar-refractivity contribution in [2.24, 2.45) is 0 Å². The number of hydrogen-bond donors (Lipinski definition) is 1. The molecule has 0 radical (unpaired) electrons. The van der Waals surface area contributed by atoms with Gasteiger partial charge < -0.3 is 10.1 Å². The Labute approximate surface area is 138 Å². The fraction of sp³-hybridized carbons (Fsp3) is 0.611. The molecule has 0 spiro atoms. The van der Waals surface area contributed by atoms with Crippen molar-refractivity contribution in [1.29, 1.82) is 0 Å². The summed E-state index contributed by atoms with van der Waals surface area (Å²) in [5.41, 5.74) is 1.10. The van der Waals surface area contributed by atoms with Gasteiger partial charge in [0.1, 0.15) is 5.75 Å². The predicted molar refractivity (Wildman–Crippen MR) is 93.4 cm³/mol. The minimum Gasteiger partial charge on any atom is -0.490 e. The van der Waals surface area contributed by atoms with Gasteiger partial charge in [-0.1, -0.05) is 25.5 Å². The summed E-state index contributed by atoms with van der Waals surface area (Å²) in [5.74, 6) is 3.01. The lowest BCUT2D eigenvalue weighted by atomic mass is 9.98. The van der Waals surface area contributed by atoms with Crippen LogP contribution in [0.1, 0.15) is 51.0 Å². The third kappa shape index (κ3) is 6.30. The van der Waals surface area contributed by atoms with Crippen molar-refractivity contribution in [1.82, 2.24) is 5.32 Å². The van der Waals surface area contributed by atoms with Gasteiger partial charge in [0.15, 0.2) is 0 Å². The molecule has 0 atom stereocenters. The van der Waals surface area contributed by atoms with Crippen LogP contribution in [0.2, 0.25) is 0 Å². The summed E-state index contributed by atoms with van der Waals surface area (Å²) in [6.07, 6.45) is 7.17. The van der Waals surface area contributed by atoms with Gasteiger partial charge in [-0.3, -0.25) is 4.79 Å². The second kappa shape index (κ2) is 9.78. The largest absolute Gasteiger partial charge is 0.490 e. The molecule has 1 aromatic carbocycles. The average Bonchev–Trinajstić information content (AvgIpc) is 2.55. The molecule has 0 bridgehead atoms. The van der Waals surface area contributed by atoms with Gasteiger partial charge in [-0.15, -0.1) is 0 Å². The average molecular weight is 321 g/mol.